The number of nitrogens with two attached hydrogens (primary N) is 2. The van der Waals surface area contributed by atoms with Crippen LogP contribution in [0.3, 0.4) is 0 Å². The molecule has 0 radical (unpaired) electrons. The SMILES string of the molecule is CNc1nc(N2CCCC(N)C2)n(Cc2ccccc2Br)c1C(=O)NCc1ccccc1N. The third-order valence-corrected chi connectivity index (χ3v) is 6.69. The van der Waals surface area contributed by atoms with Crippen molar-refractivity contribution in [3.8, 4) is 0 Å². The predicted molar refractivity (Wildman–Crippen MR) is 136 cm³/mol. The summed E-state index contributed by atoms with van der Waals surface area (Å²) in [5, 5.41) is 6.13. The summed E-state index contributed by atoms with van der Waals surface area (Å²) in [6.07, 6.45) is 1.99. The molecule has 33 heavy (non-hydrogen) atoms. The summed E-state index contributed by atoms with van der Waals surface area (Å²) in [7, 11) is 1.78. The molecule has 1 atom stereocenters. The van der Waals surface area contributed by atoms with E-state index in [2.05, 4.69) is 31.5 Å². The second kappa shape index (κ2) is 10.3. The number of benzene rings is 2. The van der Waals surface area contributed by atoms with Crippen molar-refractivity contribution in [1.82, 2.24) is 14.9 Å². The molecule has 1 aliphatic heterocycles. The van der Waals surface area contributed by atoms with E-state index in [1.165, 1.54) is 0 Å². The van der Waals surface area contributed by atoms with Crippen molar-refractivity contribution in [1.29, 1.82) is 0 Å². The van der Waals surface area contributed by atoms with Crippen molar-refractivity contribution >= 4 is 39.3 Å². The first-order valence-corrected chi connectivity index (χ1v) is 11.9. The third kappa shape index (κ3) is 5.15. The lowest BCUT2D eigenvalue weighted by Crippen LogP contribution is -2.44. The zero-order chi connectivity index (χ0) is 23.4. The summed E-state index contributed by atoms with van der Waals surface area (Å²) in [6.45, 7) is 2.38. The first kappa shape index (κ1) is 23.1. The van der Waals surface area contributed by atoms with Gasteiger partial charge in [0.1, 0.15) is 0 Å². The molecule has 1 fully saturated rings. The lowest BCUT2D eigenvalue weighted by atomic mass is 10.1. The molecule has 1 amide bonds. The number of nitrogen functional groups attached to an aromatic ring is 1. The molecule has 3 aromatic rings. The Kier molecular flexibility index (Phi) is 7.20. The predicted octanol–water partition coefficient (Wildman–Crippen LogP) is 3.18. The molecule has 0 aliphatic carbocycles. The average Bonchev–Trinajstić information content (AvgIpc) is 3.18. The molecule has 0 spiro atoms. The first-order valence-electron chi connectivity index (χ1n) is 11.1. The number of hydrogen-bond acceptors (Lipinski definition) is 6. The van der Waals surface area contributed by atoms with Gasteiger partial charge in [-0.25, -0.2) is 0 Å². The molecule has 0 bridgehead atoms. The minimum atomic E-state index is -0.213. The third-order valence-electron chi connectivity index (χ3n) is 5.92. The van der Waals surface area contributed by atoms with E-state index < -0.39 is 0 Å². The molecule has 2 aromatic carbocycles. The van der Waals surface area contributed by atoms with Crippen LogP contribution in [0.5, 0.6) is 0 Å². The number of imidazole rings is 1. The number of para-hydroxylation sites is 1. The van der Waals surface area contributed by atoms with Crippen LogP contribution < -0.4 is 27.0 Å². The van der Waals surface area contributed by atoms with Crippen LogP contribution in [0, 0.1) is 0 Å². The highest BCUT2D eigenvalue weighted by atomic mass is 79.9. The van der Waals surface area contributed by atoms with E-state index in [-0.39, 0.29) is 11.9 Å². The van der Waals surface area contributed by atoms with Gasteiger partial charge in [-0.2, -0.15) is 4.98 Å². The van der Waals surface area contributed by atoms with Gasteiger partial charge in [0.25, 0.3) is 5.91 Å². The summed E-state index contributed by atoms with van der Waals surface area (Å²) in [4.78, 5) is 20.5. The second-order valence-electron chi connectivity index (χ2n) is 8.27. The molecule has 8 nitrogen and oxygen atoms in total. The van der Waals surface area contributed by atoms with E-state index in [1.807, 2.05) is 53.1 Å². The summed E-state index contributed by atoms with van der Waals surface area (Å²) >= 11 is 3.64. The molecule has 2 heterocycles. The number of anilines is 3. The number of halogens is 1. The van der Waals surface area contributed by atoms with E-state index in [0.717, 1.165) is 40.9 Å². The molecule has 0 saturated carbocycles. The molecule has 1 unspecified atom stereocenters. The van der Waals surface area contributed by atoms with Crippen LogP contribution in [-0.4, -0.2) is 41.6 Å². The fraction of sp³-hybridized carbons (Fsp3) is 0.333. The molecule has 174 valence electrons. The lowest BCUT2D eigenvalue weighted by molar-refractivity contribution is 0.0943. The number of piperidine rings is 1. The van der Waals surface area contributed by atoms with Gasteiger partial charge < -0.3 is 27.0 Å². The van der Waals surface area contributed by atoms with Crippen molar-refractivity contribution in [3.05, 3.63) is 69.8 Å². The van der Waals surface area contributed by atoms with Crippen LogP contribution in [0.1, 0.15) is 34.5 Å². The number of rotatable bonds is 7. The summed E-state index contributed by atoms with van der Waals surface area (Å²) < 4.78 is 2.96. The Labute approximate surface area is 202 Å². The van der Waals surface area contributed by atoms with E-state index in [4.69, 9.17) is 16.5 Å². The molecule has 4 rings (SSSR count). The van der Waals surface area contributed by atoms with Crippen molar-refractivity contribution in [2.45, 2.75) is 32.0 Å². The van der Waals surface area contributed by atoms with E-state index in [0.29, 0.717) is 36.8 Å². The Morgan fingerprint density at radius 1 is 1.18 bits per heavy atom. The van der Waals surface area contributed by atoms with Gasteiger partial charge in [-0.15, -0.1) is 0 Å². The fourth-order valence-electron chi connectivity index (χ4n) is 4.18. The first-order chi connectivity index (χ1) is 16.0. The monoisotopic (exact) mass is 511 g/mol. The maximum atomic E-state index is 13.5. The number of hydrogen-bond donors (Lipinski definition) is 4. The Morgan fingerprint density at radius 3 is 2.61 bits per heavy atom. The number of aromatic nitrogens is 2. The van der Waals surface area contributed by atoms with Crippen LogP contribution in [0.2, 0.25) is 0 Å². The largest absolute Gasteiger partial charge is 0.398 e. The zero-order valence-electron chi connectivity index (χ0n) is 18.7. The van der Waals surface area contributed by atoms with Gasteiger partial charge in [0.05, 0.1) is 6.54 Å². The molecular formula is C24H30BrN7O. The van der Waals surface area contributed by atoms with Gasteiger partial charge in [-0.1, -0.05) is 52.3 Å². The normalized spacial score (nSPS) is 16.0. The minimum Gasteiger partial charge on any atom is -0.398 e. The Hall–Kier alpha value is -3.04. The van der Waals surface area contributed by atoms with Crippen LogP contribution in [0.4, 0.5) is 17.5 Å². The standard InChI is InChI=1S/C24H30BrN7O/c1-28-22-21(23(33)29-13-16-7-3-5-11-20(16)27)32(14-17-8-2-4-10-19(17)25)24(30-22)31-12-6-9-18(26)15-31/h2-5,7-8,10-11,18,28H,6,9,12-15,26-27H2,1H3,(H,29,33). The molecule has 1 saturated heterocycles. The van der Waals surface area contributed by atoms with Gasteiger partial charge >= 0.3 is 0 Å². The number of carbonyl (C=O) groups is 1. The summed E-state index contributed by atoms with van der Waals surface area (Å²) in [5.74, 6) is 1.07. The number of nitrogens with zero attached hydrogens (tertiary/aromatic N) is 3. The highest BCUT2D eigenvalue weighted by Gasteiger charge is 2.28. The Bertz CT molecular complexity index is 1130. The van der Waals surface area contributed by atoms with Crippen molar-refractivity contribution < 1.29 is 4.79 Å². The number of nitrogens with one attached hydrogen (secondary N) is 2. The summed E-state index contributed by atoms with van der Waals surface area (Å²) in [5.41, 5.74) is 15.4. The van der Waals surface area contributed by atoms with Gasteiger partial charge in [-0.05, 0) is 36.1 Å². The van der Waals surface area contributed by atoms with Gasteiger partial charge in [0.15, 0.2) is 11.5 Å². The molecule has 1 aromatic heterocycles. The second-order valence-corrected chi connectivity index (χ2v) is 9.12. The van der Waals surface area contributed by atoms with Crippen LogP contribution in [-0.2, 0) is 13.1 Å². The van der Waals surface area contributed by atoms with Crippen LogP contribution >= 0.6 is 15.9 Å². The topological polar surface area (TPSA) is 114 Å². The van der Waals surface area contributed by atoms with Gasteiger partial charge in [0, 0.05) is 42.9 Å². The maximum absolute atomic E-state index is 13.5. The van der Waals surface area contributed by atoms with Crippen molar-refractivity contribution in [2.75, 3.05) is 36.1 Å². The minimum absolute atomic E-state index is 0.0868. The van der Waals surface area contributed by atoms with Crippen LogP contribution in [0.25, 0.3) is 0 Å². The Morgan fingerprint density at radius 2 is 1.91 bits per heavy atom. The summed E-state index contributed by atoms with van der Waals surface area (Å²) in [6, 6.07) is 15.6. The van der Waals surface area contributed by atoms with E-state index in [1.54, 1.807) is 7.05 Å². The fourth-order valence-corrected chi connectivity index (χ4v) is 4.59. The number of amides is 1. The van der Waals surface area contributed by atoms with Crippen LogP contribution in [0.15, 0.2) is 53.0 Å². The Balaban J connectivity index is 1.71. The van der Waals surface area contributed by atoms with Crippen molar-refractivity contribution in [3.63, 3.8) is 0 Å². The highest BCUT2D eigenvalue weighted by molar-refractivity contribution is 9.10. The quantitative estimate of drug-likeness (QED) is 0.362. The van der Waals surface area contributed by atoms with E-state index >= 15 is 0 Å². The van der Waals surface area contributed by atoms with Gasteiger partial charge in [0.2, 0.25) is 5.95 Å². The molecule has 1 aliphatic rings. The lowest BCUT2D eigenvalue weighted by Gasteiger charge is -2.32. The molecule has 9 heteroatoms. The molecular weight excluding hydrogens is 482 g/mol. The highest BCUT2D eigenvalue weighted by Crippen LogP contribution is 2.29. The average molecular weight is 512 g/mol. The smallest absolute Gasteiger partial charge is 0.272 e. The zero-order valence-corrected chi connectivity index (χ0v) is 20.3. The maximum Gasteiger partial charge on any atom is 0.272 e. The van der Waals surface area contributed by atoms with Gasteiger partial charge in [-0.3, -0.25) is 9.36 Å². The molecule has 6 N–H and O–H groups in total. The number of carbonyl (C=O) groups excluding carboxylic acids is 1. The van der Waals surface area contributed by atoms with E-state index in [9.17, 15) is 4.79 Å². The van der Waals surface area contributed by atoms with Crippen molar-refractivity contribution in [2.24, 2.45) is 5.73 Å².